The van der Waals surface area contributed by atoms with Crippen molar-refractivity contribution in [1.29, 1.82) is 5.41 Å². The van der Waals surface area contributed by atoms with Gasteiger partial charge in [0.1, 0.15) is 0 Å². The number of hydrogen-bond donors (Lipinski definition) is 1. The number of carbonyl (C=O) groups is 1. The molecular weight excluding hydrogens is 469 g/mol. The molecule has 7 nitrogen and oxygen atoms in total. The maximum Gasteiger partial charge on any atom is 0.283 e. The van der Waals surface area contributed by atoms with Crippen LogP contribution in [0.3, 0.4) is 0 Å². The Morgan fingerprint density at radius 3 is 2.59 bits per heavy atom. The van der Waals surface area contributed by atoms with E-state index < -0.39 is 5.91 Å². The van der Waals surface area contributed by atoms with E-state index in [0.717, 1.165) is 22.6 Å². The normalized spacial score (nSPS) is 17.1. The number of fused-ring (bicyclic) bond motifs is 1. The molecule has 4 heterocycles. The topological polar surface area (TPSA) is 87.0 Å². The van der Waals surface area contributed by atoms with Gasteiger partial charge in [0.15, 0.2) is 16.6 Å². The molecule has 3 aromatic rings. The number of amidine groups is 2. The maximum atomic E-state index is 12.8. The van der Waals surface area contributed by atoms with E-state index in [-0.39, 0.29) is 11.4 Å². The summed E-state index contributed by atoms with van der Waals surface area (Å²) < 4.78 is 7.37. The average molecular weight is 484 g/mol. The largest absolute Gasteiger partial charge is 0.462 e. The van der Waals surface area contributed by atoms with Crippen molar-refractivity contribution in [2.45, 2.75) is 13.8 Å². The van der Waals surface area contributed by atoms with Gasteiger partial charge in [-0.2, -0.15) is 15.1 Å². The van der Waals surface area contributed by atoms with Crippen LogP contribution in [0.15, 0.2) is 62.7 Å². The van der Waals surface area contributed by atoms with Crippen molar-refractivity contribution in [1.82, 2.24) is 9.58 Å². The molecule has 5 rings (SSSR count). The van der Waals surface area contributed by atoms with Crippen molar-refractivity contribution in [2.75, 3.05) is 0 Å². The van der Waals surface area contributed by atoms with Crippen LogP contribution in [0.1, 0.15) is 22.7 Å². The molecule has 0 atom stereocenters. The molecule has 0 spiro atoms. The molecule has 10 heteroatoms. The molecule has 0 radical (unpaired) electrons. The van der Waals surface area contributed by atoms with Crippen molar-refractivity contribution in [2.24, 2.45) is 10.1 Å². The van der Waals surface area contributed by atoms with E-state index in [9.17, 15) is 4.79 Å². The number of hydrazone groups is 1. The molecule has 0 aliphatic carbocycles. The monoisotopic (exact) mass is 483 g/mol. The number of nitrogens with one attached hydrogen (secondary N) is 1. The van der Waals surface area contributed by atoms with E-state index in [1.807, 2.05) is 36.6 Å². The summed E-state index contributed by atoms with van der Waals surface area (Å²) in [7, 11) is 0. The number of halogens is 2. The van der Waals surface area contributed by atoms with Gasteiger partial charge in [0.25, 0.3) is 5.91 Å². The van der Waals surface area contributed by atoms with Crippen LogP contribution in [0.25, 0.3) is 11.8 Å². The second kappa shape index (κ2) is 7.81. The van der Waals surface area contributed by atoms with Gasteiger partial charge < -0.3 is 8.98 Å². The Kier molecular flexibility index (Phi) is 5.08. The fourth-order valence-electron chi connectivity index (χ4n) is 3.65. The first-order valence-corrected chi connectivity index (χ1v) is 11.1. The minimum Gasteiger partial charge on any atom is -0.462 e. The number of thioether (sulfide) groups is 1. The number of carbonyl (C=O) groups excluding carboxylic acids is 1. The number of hydrogen-bond acceptors (Lipinski definition) is 5. The summed E-state index contributed by atoms with van der Waals surface area (Å²) in [4.78, 5) is 16.9. The number of amides is 1. The van der Waals surface area contributed by atoms with Crippen molar-refractivity contribution >= 4 is 63.0 Å². The molecule has 1 aromatic carbocycles. The number of aliphatic imine (C=N–C) groups is 1. The SMILES string of the molecule is Cc1cc(/C=C2/C(=N)N3N=C(c4ccco4)SC3=NC2=O)c(C)n1-c1cc(Cl)cc(Cl)c1. The van der Waals surface area contributed by atoms with Crippen LogP contribution in [0.2, 0.25) is 10.0 Å². The number of furan rings is 1. The minimum absolute atomic E-state index is 0.0374. The zero-order valence-corrected chi connectivity index (χ0v) is 19.2. The van der Waals surface area contributed by atoms with Crippen molar-refractivity contribution < 1.29 is 9.21 Å². The van der Waals surface area contributed by atoms with E-state index in [1.54, 1.807) is 30.5 Å². The first-order valence-electron chi connectivity index (χ1n) is 9.51. The summed E-state index contributed by atoms with van der Waals surface area (Å²) in [6.07, 6.45) is 3.21. The number of aryl methyl sites for hydroxylation is 1. The molecule has 1 N–H and O–H groups in total. The summed E-state index contributed by atoms with van der Waals surface area (Å²) in [6, 6.07) is 10.8. The Bertz CT molecular complexity index is 1370. The Balaban J connectivity index is 1.54. The standard InChI is InChI=1S/C22H15Cl2N5O2S/c1-11-6-13(12(2)28(11)16-9-14(23)8-15(24)10-16)7-17-19(25)29-22(26-20(17)30)32-21(27-29)18-4-3-5-31-18/h3-10,25H,1-2H3/b17-7-,25-19?. The lowest BCUT2D eigenvalue weighted by atomic mass is 10.1. The van der Waals surface area contributed by atoms with Gasteiger partial charge in [0.2, 0.25) is 5.17 Å². The Labute approximate surface area is 197 Å². The van der Waals surface area contributed by atoms with Crippen molar-refractivity contribution in [3.05, 3.63) is 81.0 Å². The van der Waals surface area contributed by atoms with Crippen LogP contribution in [0.4, 0.5) is 0 Å². The van der Waals surface area contributed by atoms with Crippen LogP contribution in [-0.2, 0) is 4.79 Å². The molecular formula is C22H15Cl2N5O2S. The first-order chi connectivity index (χ1) is 15.3. The highest BCUT2D eigenvalue weighted by atomic mass is 35.5. The van der Waals surface area contributed by atoms with Gasteiger partial charge in [-0.1, -0.05) is 23.2 Å². The van der Waals surface area contributed by atoms with Crippen LogP contribution in [-0.4, -0.2) is 31.5 Å². The van der Waals surface area contributed by atoms with E-state index in [1.165, 1.54) is 16.8 Å². The molecule has 0 fully saturated rings. The molecule has 32 heavy (non-hydrogen) atoms. The number of nitrogens with zero attached hydrogens (tertiary/aromatic N) is 4. The Morgan fingerprint density at radius 1 is 1.16 bits per heavy atom. The third-order valence-corrected chi connectivity index (χ3v) is 6.42. The third kappa shape index (κ3) is 3.50. The van der Waals surface area contributed by atoms with Gasteiger partial charge in [0.05, 0.1) is 11.8 Å². The van der Waals surface area contributed by atoms with Gasteiger partial charge in [-0.15, -0.1) is 0 Å². The molecule has 2 aromatic heterocycles. The second-order valence-corrected chi connectivity index (χ2v) is 9.02. The van der Waals surface area contributed by atoms with Gasteiger partial charge in [-0.25, -0.2) is 0 Å². The number of benzene rings is 1. The molecule has 2 aliphatic rings. The minimum atomic E-state index is -0.486. The van der Waals surface area contributed by atoms with Gasteiger partial charge in [-0.3, -0.25) is 10.2 Å². The van der Waals surface area contributed by atoms with Crippen LogP contribution in [0.5, 0.6) is 0 Å². The Morgan fingerprint density at radius 2 is 1.91 bits per heavy atom. The summed E-state index contributed by atoms with van der Waals surface area (Å²) in [6.45, 7) is 3.88. The first kappa shape index (κ1) is 20.8. The lowest BCUT2D eigenvalue weighted by molar-refractivity contribution is -0.114. The smallest absolute Gasteiger partial charge is 0.283 e. The lowest BCUT2D eigenvalue weighted by Gasteiger charge is -2.20. The molecule has 0 unspecified atom stereocenters. The second-order valence-electron chi connectivity index (χ2n) is 7.19. The van der Waals surface area contributed by atoms with Crippen molar-refractivity contribution in [3.8, 4) is 5.69 Å². The van der Waals surface area contributed by atoms with Gasteiger partial charge in [0, 0.05) is 27.1 Å². The average Bonchev–Trinajstić information content (AvgIpc) is 3.44. The fraction of sp³-hybridized carbons (Fsp3) is 0.0909. The van der Waals surface area contributed by atoms with E-state index in [4.69, 9.17) is 33.0 Å². The van der Waals surface area contributed by atoms with E-state index in [2.05, 4.69) is 10.1 Å². The summed E-state index contributed by atoms with van der Waals surface area (Å²) in [5.41, 5.74) is 3.56. The van der Waals surface area contributed by atoms with Gasteiger partial charge in [-0.05, 0) is 73.6 Å². The number of aromatic nitrogens is 1. The summed E-state index contributed by atoms with van der Waals surface area (Å²) in [5, 5.41) is 16.3. The lowest BCUT2D eigenvalue weighted by Crippen LogP contribution is -2.35. The molecule has 1 amide bonds. The summed E-state index contributed by atoms with van der Waals surface area (Å²) >= 11 is 13.6. The zero-order chi connectivity index (χ0) is 22.6. The number of rotatable bonds is 3. The highest BCUT2D eigenvalue weighted by molar-refractivity contribution is 8.27. The highest BCUT2D eigenvalue weighted by Crippen LogP contribution is 2.32. The quantitative estimate of drug-likeness (QED) is 0.486. The molecule has 0 saturated carbocycles. The fourth-order valence-corrected chi connectivity index (χ4v) is 5.02. The highest BCUT2D eigenvalue weighted by Gasteiger charge is 2.36. The Hall–Kier alpha value is -3.07. The van der Waals surface area contributed by atoms with E-state index >= 15 is 0 Å². The summed E-state index contributed by atoms with van der Waals surface area (Å²) in [5.74, 6) is 0.0338. The predicted molar refractivity (Wildman–Crippen MR) is 128 cm³/mol. The van der Waals surface area contributed by atoms with Gasteiger partial charge >= 0.3 is 0 Å². The molecule has 0 bridgehead atoms. The van der Waals surface area contributed by atoms with Crippen LogP contribution >= 0.6 is 35.0 Å². The van der Waals surface area contributed by atoms with Crippen molar-refractivity contribution in [3.63, 3.8) is 0 Å². The predicted octanol–water partition coefficient (Wildman–Crippen LogP) is 5.66. The van der Waals surface area contributed by atoms with Crippen LogP contribution in [0, 0.1) is 19.3 Å². The third-order valence-electron chi connectivity index (χ3n) is 5.06. The molecule has 0 saturated heterocycles. The zero-order valence-electron chi connectivity index (χ0n) is 16.9. The molecule has 160 valence electrons. The van der Waals surface area contributed by atoms with E-state index in [0.29, 0.717) is 26.0 Å². The maximum absolute atomic E-state index is 12.8. The van der Waals surface area contributed by atoms with Crippen LogP contribution < -0.4 is 0 Å². The molecule has 2 aliphatic heterocycles.